The van der Waals surface area contributed by atoms with Gasteiger partial charge >= 0.3 is 0 Å². The number of amides is 1. The number of carbonyl (C=O) groups excluding carboxylic acids is 1. The Morgan fingerprint density at radius 3 is 2.90 bits per heavy atom. The number of hydrogen-bond donors (Lipinski definition) is 2. The molecular formula is C14H22BrN3O2. The van der Waals surface area contributed by atoms with Crippen LogP contribution in [0.5, 0.6) is 0 Å². The van der Waals surface area contributed by atoms with Crippen molar-refractivity contribution >= 4 is 27.7 Å². The molecule has 1 atom stereocenters. The highest BCUT2D eigenvalue weighted by atomic mass is 79.9. The van der Waals surface area contributed by atoms with Crippen molar-refractivity contribution in [3.05, 3.63) is 22.3 Å². The van der Waals surface area contributed by atoms with Crippen molar-refractivity contribution in [1.82, 2.24) is 9.88 Å². The molecule has 1 amide bonds. The summed E-state index contributed by atoms with van der Waals surface area (Å²) < 4.78 is 0.770. The van der Waals surface area contributed by atoms with Crippen LogP contribution in [0.15, 0.2) is 16.7 Å². The molecule has 20 heavy (non-hydrogen) atoms. The van der Waals surface area contributed by atoms with E-state index >= 15 is 0 Å². The molecule has 5 nitrogen and oxygen atoms in total. The number of nitrogens with zero attached hydrogens (tertiary/aromatic N) is 2. The zero-order valence-electron chi connectivity index (χ0n) is 12.2. The molecule has 0 saturated carbocycles. The smallest absolute Gasteiger partial charge is 0.257 e. The Bertz CT molecular complexity index is 452. The molecule has 0 fully saturated rings. The normalized spacial score (nSPS) is 12.1. The molecule has 0 aliphatic heterocycles. The number of nitrogens with one attached hydrogen (secondary N) is 1. The fraction of sp³-hybridized carbons (Fsp3) is 0.571. The molecule has 0 aliphatic rings. The van der Waals surface area contributed by atoms with Gasteiger partial charge in [0.1, 0.15) is 5.82 Å². The van der Waals surface area contributed by atoms with E-state index in [-0.39, 0.29) is 5.91 Å². The number of aliphatic hydroxyl groups is 1. The maximum atomic E-state index is 12.4. The van der Waals surface area contributed by atoms with E-state index < -0.39 is 6.10 Å². The Hall–Kier alpha value is -1.14. The Morgan fingerprint density at radius 2 is 2.30 bits per heavy atom. The van der Waals surface area contributed by atoms with Gasteiger partial charge in [0.05, 0.1) is 11.7 Å². The largest absolute Gasteiger partial charge is 0.393 e. The Kier molecular flexibility index (Phi) is 6.95. The standard InChI is InChI=1S/C14H22BrN3O2/c1-4-6-16-13-12(8-11(15)9-17-13)14(20)18(3)7-5-10(2)19/h8-10,19H,4-7H2,1-3H3,(H,16,17). The van der Waals surface area contributed by atoms with Crippen molar-refractivity contribution in [2.24, 2.45) is 0 Å². The molecule has 6 heteroatoms. The first-order chi connectivity index (χ1) is 9.45. The topological polar surface area (TPSA) is 65.5 Å². The number of pyridine rings is 1. The number of aromatic nitrogens is 1. The SMILES string of the molecule is CCCNc1ncc(Br)cc1C(=O)N(C)CCC(C)O. The quantitative estimate of drug-likeness (QED) is 0.798. The van der Waals surface area contributed by atoms with Crippen LogP contribution in [0.4, 0.5) is 5.82 Å². The summed E-state index contributed by atoms with van der Waals surface area (Å²) in [5, 5.41) is 12.5. The summed E-state index contributed by atoms with van der Waals surface area (Å²) in [6.45, 7) is 5.05. The van der Waals surface area contributed by atoms with Gasteiger partial charge in [0.2, 0.25) is 0 Å². The van der Waals surface area contributed by atoms with Crippen molar-refractivity contribution in [1.29, 1.82) is 0 Å². The molecule has 1 aromatic heterocycles. The van der Waals surface area contributed by atoms with Crippen LogP contribution >= 0.6 is 15.9 Å². The minimum atomic E-state index is -0.413. The van der Waals surface area contributed by atoms with E-state index in [1.165, 1.54) is 0 Å². The molecule has 1 unspecified atom stereocenters. The lowest BCUT2D eigenvalue weighted by Gasteiger charge is -2.20. The van der Waals surface area contributed by atoms with Crippen LogP contribution in [-0.2, 0) is 0 Å². The highest BCUT2D eigenvalue weighted by molar-refractivity contribution is 9.10. The third-order valence-electron chi connectivity index (χ3n) is 2.86. The fourth-order valence-corrected chi connectivity index (χ4v) is 2.01. The third kappa shape index (κ3) is 5.09. The maximum absolute atomic E-state index is 12.4. The molecule has 0 aliphatic carbocycles. The molecule has 0 aromatic carbocycles. The van der Waals surface area contributed by atoms with E-state index in [0.29, 0.717) is 24.3 Å². The van der Waals surface area contributed by atoms with Crippen LogP contribution in [0, 0.1) is 0 Å². The molecular weight excluding hydrogens is 322 g/mol. The summed E-state index contributed by atoms with van der Waals surface area (Å²) in [6, 6.07) is 1.77. The summed E-state index contributed by atoms with van der Waals surface area (Å²) in [5.74, 6) is 0.502. The van der Waals surface area contributed by atoms with Gasteiger partial charge in [0.15, 0.2) is 0 Å². The van der Waals surface area contributed by atoms with E-state index in [1.54, 1.807) is 31.1 Å². The highest BCUT2D eigenvalue weighted by Crippen LogP contribution is 2.19. The first kappa shape index (κ1) is 16.9. The van der Waals surface area contributed by atoms with Crippen LogP contribution < -0.4 is 5.32 Å². The average molecular weight is 344 g/mol. The Morgan fingerprint density at radius 1 is 1.60 bits per heavy atom. The first-order valence-corrected chi connectivity index (χ1v) is 7.58. The van der Waals surface area contributed by atoms with Crippen LogP contribution in [-0.4, -0.2) is 47.1 Å². The van der Waals surface area contributed by atoms with E-state index in [0.717, 1.165) is 17.4 Å². The van der Waals surface area contributed by atoms with Gasteiger partial charge in [-0.25, -0.2) is 4.98 Å². The number of aliphatic hydroxyl groups excluding tert-OH is 1. The molecule has 1 aromatic rings. The van der Waals surface area contributed by atoms with Crippen LogP contribution in [0.1, 0.15) is 37.0 Å². The van der Waals surface area contributed by atoms with Gasteiger partial charge in [-0.15, -0.1) is 0 Å². The zero-order valence-corrected chi connectivity index (χ0v) is 13.8. The van der Waals surface area contributed by atoms with Gasteiger partial charge in [-0.3, -0.25) is 4.79 Å². The summed E-state index contributed by atoms with van der Waals surface area (Å²) in [5.41, 5.74) is 0.543. The lowest BCUT2D eigenvalue weighted by molar-refractivity contribution is 0.0769. The van der Waals surface area contributed by atoms with Gasteiger partial charge in [-0.2, -0.15) is 0 Å². The van der Waals surface area contributed by atoms with E-state index in [4.69, 9.17) is 0 Å². The lowest BCUT2D eigenvalue weighted by Crippen LogP contribution is -2.30. The molecule has 2 N–H and O–H groups in total. The van der Waals surface area contributed by atoms with Gasteiger partial charge in [-0.05, 0) is 41.8 Å². The minimum absolute atomic E-state index is 0.0990. The fourth-order valence-electron chi connectivity index (χ4n) is 1.67. The van der Waals surface area contributed by atoms with Crippen molar-refractivity contribution in [2.75, 3.05) is 25.5 Å². The number of rotatable bonds is 7. The predicted molar refractivity (Wildman–Crippen MR) is 84.0 cm³/mol. The van der Waals surface area contributed by atoms with Gasteiger partial charge < -0.3 is 15.3 Å². The summed E-state index contributed by atoms with van der Waals surface area (Å²) >= 11 is 3.34. The van der Waals surface area contributed by atoms with Crippen molar-refractivity contribution < 1.29 is 9.90 Å². The number of halogens is 1. The van der Waals surface area contributed by atoms with E-state index in [9.17, 15) is 9.90 Å². The molecule has 0 saturated heterocycles. The van der Waals surface area contributed by atoms with Crippen LogP contribution in [0.25, 0.3) is 0 Å². The van der Waals surface area contributed by atoms with Crippen molar-refractivity contribution in [2.45, 2.75) is 32.8 Å². The highest BCUT2D eigenvalue weighted by Gasteiger charge is 2.17. The number of carbonyl (C=O) groups is 1. The van der Waals surface area contributed by atoms with E-state index in [1.807, 2.05) is 0 Å². The second-order valence-corrected chi connectivity index (χ2v) is 5.76. The predicted octanol–water partition coefficient (Wildman–Crippen LogP) is 2.51. The summed E-state index contributed by atoms with van der Waals surface area (Å²) in [6.07, 6.45) is 2.78. The number of hydrogen-bond acceptors (Lipinski definition) is 4. The maximum Gasteiger partial charge on any atom is 0.257 e. The molecule has 1 rings (SSSR count). The Balaban J connectivity index is 2.86. The van der Waals surface area contributed by atoms with Crippen molar-refractivity contribution in [3.63, 3.8) is 0 Å². The summed E-state index contributed by atoms with van der Waals surface area (Å²) in [4.78, 5) is 18.3. The van der Waals surface area contributed by atoms with E-state index in [2.05, 4.69) is 33.2 Å². The van der Waals surface area contributed by atoms with Gasteiger partial charge in [-0.1, -0.05) is 6.92 Å². The number of anilines is 1. The second kappa shape index (κ2) is 8.21. The van der Waals surface area contributed by atoms with Crippen LogP contribution in [0.2, 0.25) is 0 Å². The molecule has 0 bridgehead atoms. The average Bonchev–Trinajstić information content (AvgIpc) is 2.42. The summed E-state index contributed by atoms with van der Waals surface area (Å²) in [7, 11) is 1.73. The van der Waals surface area contributed by atoms with Crippen molar-refractivity contribution in [3.8, 4) is 0 Å². The second-order valence-electron chi connectivity index (χ2n) is 4.84. The van der Waals surface area contributed by atoms with Gasteiger partial charge in [0, 0.05) is 30.8 Å². The molecule has 0 spiro atoms. The minimum Gasteiger partial charge on any atom is -0.393 e. The van der Waals surface area contributed by atoms with Gasteiger partial charge in [0.25, 0.3) is 5.91 Å². The zero-order chi connectivity index (χ0) is 15.1. The first-order valence-electron chi connectivity index (χ1n) is 6.78. The van der Waals surface area contributed by atoms with Crippen LogP contribution in [0.3, 0.4) is 0 Å². The third-order valence-corrected chi connectivity index (χ3v) is 3.29. The Labute approximate surface area is 128 Å². The molecule has 0 radical (unpaired) electrons. The lowest BCUT2D eigenvalue weighted by atomic mass is 10.2. The molecule has 1 heterocycles. The monoisotopic (exact) mass is 343 g/mol. The molecule has 112 valence electrons.